The van der Waals surface area contributed by atoms with Crippen molar-refractivity contribution in [2.24, 2.45) is 10.2 Å². The van der Waals surface area contributed by atoms with E-state index >= 15 is 0 Å². The lowest BCUT2D eigenvalue weighted by Crippen LogP contribution is -2.54. The Morgan fingerprint density at radius 1 is 1.03 bits per heavy atom. The number of rotatable bonds is 3. The molecule has 3 aromatic carbocycles. The van der Waals surface area contributed by atoms with Gasteiger partial charge in [-0.3, -0.25) is 19.8 Å². The van der Waals surface area contributed by atoms with Gasteiger partial charge in [-0.15, -0.1) is 0 Å². The molecule has 3 aromatic rings. The van der Waals surface area contributed by atoms with Gasteiger partial charge in [0.25, 0.3) is 11.6 Å². The van der Waals surface area contributed by atoms with E-state index in [2.05, 4.69) is 15.6 Å². The summed E-state index contributed by atoms with van der Waals surface area (Å²) in [6, 6.07) is 22.4. The molecule has 0 spiro atoms. The van der Waals surface area contributed by atoms with Crippen LogP contribution in [0.15, 0.2) is 100 Å². The number of fused-ring (bicyclic) bond motifs is 5. The number of amidine groups is 1. The average Bonchev–Trinajstić information content (AvgIpc) is 3.16. The molecule has 2 N–H and O–H groups in total. The smallest absolute Gasteiger partial charge is 0.289 e. The molecule has 10 heteroatoms. The molecule has 0 radical (unpaired) electrons. The zero-order valence-electron chi connectivity index (χ0n) is 18.4. The van der Waals surface area contributed by atoms with E-state index in [1.165, 1.54) is 23.2 Å². The summed E-state index contributed by atoms with van der Waals surface area (Å²) in [7, 11) is 0. The van der Waals surface area contributed by atoms with Crippen LogP contribution < -0.4 is 15.3 Å². The zero-order valence-corrected chi connectivity index (χ0v) is 18.4. The summed E-state index contributed by atoms with van der Waals surface area (Å²) in [5.74, 6) is -0.109. The van der Waals surface area contributed by atoms with Crippen molar-refractivity contribution in [2.45, 2.75) is 12.6 Å². The second-order valence-electron chi connectivity index (χ2n) is 8.26. The molecule has 0 saturated carbocycles. The maximum absolute atomic E-state index is 13.3. The fourth-order valence-electron chi connectivity index (χ4n) is 4.80. The third kappa shape index (κ3) is 2.83. The van der Waals surface area contributed by atoms with E-state index in [-0.39, 0.29) is 22.5 Å². The summed E-state index contributed by atoms with van der Waals surface area (Å²) >= 11 is 0. The Morgan fingerprint density at radius 2 is 1.71 bits per heavy atom. The molecule has 1 unspecified atom stereocenters. The molecule has 172 valence electrons. The summed E-state index contributed by atoms with van der Waals surface area (Å²) in [6.45, 7) is 1.69. The number of non-ortho nitro benzene ring substituents is 1. The highest BCUT2D eigenvalue weighted by atomic mass is 16.6. The molecule has 10 nitrogen and oxygen atoms in total. The number of carbonyl (C=O) groups excluding carboxylic acids is 1. The quantitative estimate of drug-likeness (QED) is 0.451. The first-order valence-electron chi connectivity index (χ1n) is 10.8. The summed E-state index contributed by atoms with van der Waals surface area (Å²) < 4.78 is 0. The number of nitro groups is 1. The van der Waals surface area contributed by atoms with E-state index in [1.54, 1.807) is 36.1 Å². The monoisotopic (exact) mass is 466 g/mol. The van der Waals surface area contributed by atoms with Crippen LogP contribution in [0.3, 0.4) is 0 Å². The van der Waals surface area contributed by atoms with Gasteiger partial charge in [0, 0.05) is 23.3 Å². The third-order valence-electron chi connectivity index (χ3n) is 6.26. The second kappa shape index (κ2) is 7.34. The molecule has 3 aliphatic heterocycles. The van der Waals surface area contributed by atoms with Crippen molar-refractivity contribution in [1.29, 1.82) is 0 Å². The summed E-state index contributed by atoms with van der Waals surface area (Å²) in [6.07, 6.45) is 0. The Bertz CT molecular complexity index is 1500. The number of carbonyl (C=O) groups is 1. The van der Waals surface area contributed by atoms with Crippen LogP contribution >= 0.6 is 0 Å². The van der Waals surface area contributed by atoms with Gasteiger partial charge < -0.3 is 5.11 Å². The van der Waals surface area contributed by atoms with Crippen molar-refractivity contribution in [2.75, 3.05) is 9.91 Å². The highest BCUT2D eigenvalue weighted by molar-refractivity contribution is 6.25. The molecule has 1 amide bonds. The van der Waals surface area contributed by atoms with Crippen LogP contribution in [0.2, 0.25) is 0 Å². The predicted molar refractivity (Wildman–Crippen MR) is 130 cm³/mol. The molecule has 35 heavy (non-hydrogen) atoms. The minimum atomic E-state index is -1.96. The molecule has 3 heterocycles. The largest absolute Gasteiger partial charge is 0.362 e. The number of benzene rings is 3. The van der Waals surface area contributed by atoms with E-state index < -0.39 is 16.6 Å². The Labute approximate surface area is 199 Å². The van der Waals surface area contributed by atoms with Gasteiger partial charge in [-0.1, -0.05) is 48.5 Å². The van der Waals surface area contributed by atoms with Crippen molar-refractivity contribution in [3.05, 3.63) is 111 Å². The minimum absolute atomic E-state index is 0.155. The number of amides is 1. The van der Waals surface area contributed by atoms with E-state index in [4.69, 9.17) is 0 Å². The molecule has 0 saturated heterocycles. The van der Waals surface area contributed by atoms with Gasteiger partial charge in [-0.2, -0.15) is 10.2 Å². The van der Waals surface area contributed by atoms with Crippen molar-refractivity contribution in [3.63, 3.8) is 0 Å². The summed E-state index contributed by atoms with van der Waals surface area (Å²) in [5.41, 5.74) is 3.06. The first-order chi connectivity index (χ1) is 16.9. The van der Waals surface area contributed by atoms with Crippen LogP contribution in [0, 0.1) is 10.1 Å². The fourth-order valence-corrected chi connectivity index (χ4v) is 4.80. The number of hydrogen-bond acceptors (Lipinski definition) is 8. The van der Waals surface area contributed by atoms with Crippen LogP contribution in [-0.4, -0.2) is 27.5 Å². The maximum atomic E-state index is 13.3. The topological polar surface area (TPSA) is 124 Å². The van der Waals surface area contributed by atoms with Crippen molar-refractivity contribution in [3.8, 4) is 0 Å². The third-order valence-corrected chi connectivity index (χ3v) is 6.26. The lowest BCUT2D eigenvalue weighted by atomic mass is 9.83. The van der Waals surface area contributed by atoms with E-state index in [1.807, 2.05) is 36.4 Å². The zero-order chi connectivity index (χ0) is 24.3. The van der Waals surface area contributed by atoms with E-state index in [0.717, 1.165) is 0 Å². The van der Waals surface area contributed by atoms with Gasteiger partial charge in [-0.25, -0.2) is 10.4 Å². The predicted octanol–water partition coefficient (Wildman–Crippen LogP) is 3.20. The number of anilines is 2. The summed E-state index contributed by atoms with van der Waals surface area (Å²) in [5, 5.41) is 34.3. The highest BCUT2D eigenvalue weighted by Crippen LogP contribution is 2.52. The molecule has 0 fully saturated rings. The number of nitrogens with one attached hydrogen (secondary N) is 1. The van der Waals surface area contributed by atoms with Crippen LogP contribution in [-0.2, 0) is 10.5 Å². The van der Waals surface area contributed by atoms with Crippen molar-refractivity contribution < 1.29 is 14.8 Å². The SMILES string of the molecule is CC1=NN(c2ccccc2)C2(O)C1=C1C(=O)NN=C(c3ccccc3)N1c1ccc([N+](=O)[O-])cc12. The number of hydrogen-bond donors (Lipinski definition) is 2. The van der Waals surface area contributed by atoms with Crippen LogP contribution in [0.4, 0.5) is 17.1 Å². The van der Waals surface area contributed by atoms with E-state index in [9.17, 15) is 20.0 Å². The normalized spacial score (nSPS) is 20.5. The molecular weight excluding hydrogens is 448 g/mol. The minimum Gasteiger partial charge on any atom is -0.362 e. The van der Waals surface area contributed by atoms with Crippen LogP contribution in [0.1, 0.15) is 18.1 Å². The second-order valence-corrected chi connectivity index (χ2v) is 8.26. The highest BCUT2D eigenvalue weighted by Gasteiger charge is 2.56. The maximum Gasteiger partial charge on any atom is 0.289 e. The molecular formula is C25H18N6O4. The molecule has 0 aromatic heterocycles. The van der Waals surface area contributed by atoms with Crippen LogP contribution in [0.25, 0.3) is 0 Å². The Kier molecular flexibility index (Phi) is 4.35. The Balaban J connectivity index is 1.69. The Morgan fingerprint density at radius 3 is 2.40 bits per heavy atom. The van der Waals surface area contributed by atoms with Gasteiger partial charge in [0.05, 0.1) is 27.6 Å². The molecule has 3 aliphatic rings. The first-order valence-corrected chi connectivity index (χ1v) is 10.8. The van der Waals surface area contributed by atoms with Gasteiger partial charge in [0.1, 0.15) is 5.70 Å². The lowest BCUT2D eigenvalue weighted by molar-refractivity contribution is -0.385. The standard InChI is InChI=1S/C25H18N6O4/c1-15-21-22-24(32)27-26-23(16-8-4-2-5-9-16)29(22)20-13-12-18(31(34)35)14-19(20)25(21,33)30(28-15)17-10-6-3-7-11-17/h2-14,33H,1H3,(H,27,32). The number of hydrazone groups is 2. The fraction of sp³-hybridized carbons (Fsp3) is 0.0800. The molecule has 0 aliphatic carbocycles. The van der Waals surface area contributed by atoms with Gasteiger partial charge >= 0.3 is 0 Å². The number of nitro benzene ring substituents is 1. The Hall–Kier alpha value is -4.83. The summed E-state index contributed by atoms with van der Waals surface area (Å²) in [4.78, 5) is 26.1. The molecule has 6 rings (SSSR count). The van der Waals surface area contributed by atoms with Gasteiger partial charge in [0.15, 0.2) is 5.84 Å². The van der Waals surface area contributed by atoms with Gasteiger partial charge in [-0.05, 0) is 25.1 Å². The first kappa shape index (κ1) is 20.8. The van der Waals surface area contributed by atoms with E-state index in [0.29, 0.717) is 28.5 Å². The lowest BCUT2D eigenvalue weighted by Gasteiger charge is -2.44. The van der Waals surface area contributed by atoms with Crippen molar-refractivity contribution in [1.82, 2.24) is 5.43 Å². The number of nitrogens with zero attached hydrogens (tertiary/aromatic N) is 5. The number of para-hydroxylation sites is 1. The van der Waals surface area contributed by atoms with Crippen LogP contribution in [0.5, 0.6) is 0 Å². The molecule has 0 bridgehead atoms. The average molecular weight is 466 g/mol. The van der Waals surface area contributed by atoms with Crippen molar-refractivity contribution >= 4 is 34.5 Å². The molecule has 1 atom stereocenters. The number of aliphatic hydroxyl groups is 1. The van der Waals surface area contributed by atoms with Gasteiger partial charge in [0.2, 0.25) is 5.72 Å².